The largest absolute Gasteiger partial charge is 0.336 e. The molecule has 0 fully saturated rings. The van der Waals surface area contributed by atoms with Crippen LogP contribution >= 0.6 is 11.8 Å². The highest BCUT2D eigenvalue weighted by Gasteiger charge is 2.10. The Morgan fingerprint density at radius 2 is 2.06 bits per heavy atom. The lowest BCUT2D eigenvalue weighted by molar-refractivity contribution is 0.819. The van der Waals surface area contributed by atoms with Crippen molar-refractivity contribution in [2.45, 2.75) is 37.4 Å². The molecule has 0 bridgehead atoms. The quantitative estimate of drug-likeness (QED) is 0.649. The first-order chi connectivity index (χ1) is 8.10. The van der Waals surface area contributed by atoms with Crippen LogP contribution in [0.15, 0.2) is 16.2 Å². The van der Waals surface area contributed by atoms with E-state index < -0.39 is 0 Å². The summed E-state index contributed by atoms with van der Waals surface area (Å²) >= 11 is 1.39. The molecule has 2 N–H and O–H groups in total. The molecule has 2 rings (SSSR count). The molecule has 0 aromatic carbocycles. The van der Waals surface area contributed by atoms with Gasteiger partial charge >= 0.3 is 0 Å². The Morgan fingerprint density at radius 1 is 1.29 bits per heavy atom. The molecule has 0 radical (unpaired) electrons. The van der Waals surface area contributed by atoms with Crippen LogP contribution in [0.25, 0.3) is 0 Å². The highest BCUT2D eigenvalue weighted by Crippen LogP contribution is 2.24. The van der Waals surface area contributed by atoms with Crippen LogP contribution in [0.1, 0.15) is 24.3 Å². The summed E-state index contributed by atoms with van der Waals surface area (Å²) in [5, 5.41) is 9.36. The minimum Gasteiger partial charge on any atom is -0.336 e. The highest BCUT2D eigenvalue weighted by molar-refractivity contribution is 7.99. The summed E-state index contributed by atoms with van der Waals surface area (Å²) in [5.41, 5.74) is 1.01. The lowest BCUT2D eigenvalue weighted by Crippen LogP contribution is -2.11. The van der Waals surface area contributed by atoms with Gasteiger partial charge in [-0.25, -0.2) is 14.6 Å². The van der Waals surface area contributed by atoms with Gasteiger partial charge in [0.2, 0.25) is 5.16 Å². The van der Waals surface area contributed by atoms with Crippen molar-refractivity contribution in [3.63, 3.8) is 0 Å². The van der Waals surface area contributed by atoms with Crippen molar-refractivity contribution >= 4 is 11.8 Å². The van der Waals surface area contributed by atoms with Crippen LogP contribution in [0.2, 0.25) is 0 Å². The first-order valence-corrected chi connectivity index (χ1v) is 6.11. The molecular formula is C10H14N6S. The van der Waals surface area contributed by atoms with E-state index in [1.165, 1.54) is 16.4 Å². The Labute approximate surface area is 104 Å². The van der Waals surface area contributed by atoms with E-state index in [2.05, 4.69) is 27.1 Å². The fraction of sp³-hybridized carbons (Fsp3) is 0.400. The topological polar surface area (TPSA) is 82.5 Å². The number of nitrogen functional groups attached to an aromatic ring is 1. The summed E-state index contributed by atoms with van der Waals surface area (Å²) < 4.78 is 1.45. The molecule has 0 atom stereocenters. The molecule has 0 saturated heterocycles. The van der Waals surface area contributed by atoms with Crippen molar-refractivity contribution in [1.82, 2.24) is 24.8 Å². The van der Waals surface area contributed by atoms with Gasteiger partial charge in [-0.05, 0) is 38.1 Å². The van der Waals surface area contributed by atoms with Gasteiger partial charge in [0.1, 0.15) is 16.7 Å². The zero-order valence-corrected chi connectivity index (χ0v) is 10.8. The predicted molar refractivity (Wildman–Crippen MR) is 65.2 cm³/mol. The third kappa shape index (κ3) is 2.55. The SMILES string of the molecule is CCc1cc(Sc2nnc(C)n2N)nc(C)n1. The zero-order valence-electron chi connectivity index (χ0n) is 10.0. The van der Waals surface area contributed by atoms with Gasteiger partial charge in [-0.3, -0.25) is 0 Å². The predicted octanol–water partition coefficient (Wildman–Crippen LogP) is 1.11. The molecule has 17 heavy (non-hydrogen) atoms. The maximum absolute atomic E-state index is 5.79. The number of aromatic nitrogens is 5. The molecule has 2 aromatic heterocycles. The maximum Gasteiger partial charge on any atom is 0.216 e. The Morgan fingerprint density at radius 3 is 2.65 bits per heavy atom. The average Bonchev–Trinajstić information content (AvgIpc) is 2.60. The lowest BCUT2D eigenvalue weighted by atomic mass is 10.3. The van der Waals surface area contributed by atoms with Crippen LogP contribution in [-0.4, -0.2) is 24.8 Å². The van der Waals surface area contributed by atoms with Crippen molar-refractivity contribution in [3.05, 3.63) is 23.4 Å². The zero-order chi connectivity index (χ0) is 12.4. The van der Waals surface area contributed by atoms with Gasteiger partial charge in [0.25, 0.3) is 0 Å². The number of nitrogens with zero attached hydrogens (tertiary/aromatic N) is 5. The third-order valence-electron chi connectivity index (χ3n) is 2.26. The molecule has 0 saturated carbocycles. The molecule has 0 unspecified atom stereocenters. The fourth-order valence-electron chi connectivity index (χ4n) is 1.35. The van der Waals surface area contributed by atoms with E-state index in [1.807, 2.05) is 13.0 Å². The van der Waals surface area contributed by atoms with Crippen LogP contribution in [0, 0.1) is 13.8 Å². The van der Waals surface area contributed by atoms with E-state index in [0.29, 0.717) is 11.0 Å². The molecule has 2 heterocycles. The summed E-state index contributed by atoms with van der Waals surface area (Å²) in [4.78, 5) is 8.67. The molecule has 0 spiro atoms. The van der Waals surface area contributed by atoms with Gasteiger partial charge in [-0.15, -0.1) is 10.2 Å². The Kier molecular flexibility index (Phi) is 3.28. The van der Waals surface area contributed by atoms with Gasteiger partial charge < -0.3 is 5.84 Å². The van der Waals surface area contributed by atoms with Crippen molar-refractivity contribution in [3.8, 4) is 0 Å². The molecule has 0 aliphatic rings. The van der Waals surface area contributed by atoms with Crippen LogP contribution in [0.3, 0.4) is 0 Å². The number of hydrogen-bond donors (Lipinski definition) is 1. The van der Waals surface area contributed by atoms with Crippen molar-refractivity contribution < 1.29 is 0 Å². The standard InChI is InChI=1S/C10H14N6S/c1-4-8-5-9(13-6(2)12-8)17-10-15-14-7(3)16(10)11/h5H,4,11H2,1-3H3. The second kappa shape index (κ2) is 4.70. The monoisotopic (exact) mass is 250 g/mol. The van der Waals surface area contributed by atoms with E-state index >= 15 is 0 Å². The van der Waals surface area contributed by atoms with E-state index in [4.69, 9.17) is 5.84 Å². The Hall–Kier alpha value is -1.63. The van der Waals surface area contributed by atoms with Crippen molar-refractivity contribution in [1.29, 1.82) is 0 Å². The van der Waals surface area contributed by atoms with E-state index in [9.17, 15) is 0 Å². The Balaban J connectivity index is 2.29. The third-order valence-corrected chi connectivity index (χ3v) is 3.14. The van der Waals surface area contributed by atoms with Gasteiger partial charge in [0.15, 0.2) is 0 Å². The molecule has 0 amide bonds. The van der Waals surface area contributed by atoms with Gasteiger partial charge in [0.05, 0.1) is 0 Å². The number of rotatable bonds is 3. The van der Waals surface area contributed by atoms with Crippen LogP contribution in [0.4, 0.5) is 0 Å². The fourth-order valence-corrected chi connectivity index (χ4v) is 2.22. The van der Waals surface area contributed by atoms with E-state index in [1.54, 1.807) is 6.92 Å². The molecule has 90 valence electrons. The summed E-state index contributed by atoms with van der Waals surface area (Å²) in [6, 6.07) is 1.95. The second-order valence-corrected chi connectivity index (χ2v) is 4.59. The van der Waals surface area contributed by atoms with E-state index in [-0.39, 0.29) is 0 Å². The summed E-state index contributed by atoms with van der Waals surface area (Å²) in [6.07, 6.45) is 0.880. The molecule has 2 aromatic rings. The number of aryl methyl sites for hydroxylation is 3. The number of nitrogens with two attached hydrogens (primary N) is 1. The highest BCUT2D eigenvalue weighted by atomic mass is 32.2. The normalized spacial score (nSPS) is 10.8. The second-order valence-electron chi connectivity index (χ2n) is 3.60. The van der Waals surface area contributed by atoms with Gasteiger partial charge in [-0.2, -0.15) is 0 Å². The molecule has 0 aliphatic carbocycles. The van der Waals surface area contributed by atoms with Crippen LogP contribution in [0.5, 0.6) is 0 Å². The number of hydrogen-bond acceptors (Lipinski definition) is 6. The molecule has 7 heteroatoms. The minimum atomic E-state index is 0.627. The molecular weight excluding hydrogens is 236 g/mol. The lowest BCUT2D eigenvalue weighted by Gasteiger charge is -2.03. The van der Waals surface area contributed by atoms with Crippen molar-refractivity contribution in [2.24, 2.45) is 0 Å². The molecule has 0 aliphatic heterocycles. The van der Waals surface area contributed by atoms with Gasteiger partial charge in [-0.1, -0.05) is 6.92 Å². The average molecular weight is 250 g/mol. The van der Waals surface area contributed by atoms with Gasteiger partial charge in [0, 0.05) is 5.69 Å². The maximum atomic E-state index is 5.79. The molecule has 6 nitrogen and oxygen atoms in total. The van der Waals surface area contributed by atoms with Crippen LogP contribution < -0.4 is 5.84 Å². The first kappa shape index (κ1) is 11.8. The van der Waals surface area contributed by atoms with Crippen LogP contribution in [-0.2, 0) is 6.42 Å². The summed E-state index contributed by atoms with van der Waals surface area (Å²) in [6.45, 7) is 5.74. The summed E-state index contributed by atoms with van der Waals surface area (Å²) in [5.74, 6) is 7.22. The van der Waals surface area contributed by atoms with Crippen molar-refractivity contribution in [2.75, 3.05) is 5.84 Å². The minimum absolute atomic E-state index is 0.627. The summed E-state index contributed by atoms with van der Waals surface area (Å²) in [7, 11) is 0. The smallest absolute Gasteiger partial charge is 0.216 e. The first-order valence-electron chi connectivity index (χ1n) is 5.29. The Bertz CT molecular complexity index is 536. The van der Waals surface area contributed by atoms with E-state index in [0.717, 1.165) is 23.0 Å².